The summed E-state index contributed by atoms with van der Waals surface area (Å²) in [7, 11) is 0. The summed E-state index contributed by atoms with van der Waals surface area (Å²) >= 11 is 1.82. The molecule has 1 heterocycles. The molecule has 3 unspecified atom stereocenters. The van der Waals surface area contributed by atoms with Crippen molar-refractivity contribution >= 4 is 30.1 Å². The number of carbonyl (C=O) groups is 1. The molecule has 1 saturated carbocycles. The van der Waals surface area contributed by atoms with Gasteiger partial charge in [0.1, 0.15) is 0 Å². The van der Waals surface area contributed by atoms with Crippen LogP contribution in [0.25, 0.3) is 0 Å². The number of carbonyl (C=O) groups excluding carboxylic acids is 1. The van der Waals surface area contributed by atoms with Crippen molar-refractivity contribution in [1.82, 2.24) is 10.6 Å². The molecule has 0 bridgehead atoms. The lowest BCUT2D eigenvalue weighted by Gasteiger charge is -2.29. The molecule has 0 radical (unpaired) electrons. The predicted molar refractivity (Wildman–Crippen MR) is 76.3 cm³/mol. The minimum atomic E-state index is -2.74. The molecule has 1 aliphatic heterocycles. The number of halogens is 3. The first-order valence-electron chi connectivity index (χ1n) is 6.44. The van der Waals surface area contributed by atoms with E-state index in [4.69, 9.17) is 0 Å². The van der Waals surface area contributed by atoms with E-state index in [1.807, 2.05) is 11.8 Å². The van der Waals surface area contributed by atoms with E-state index >= 15 is 0 Å². The maximum atomic E-state index is 13.0. The second kappa shape index (κ2) is 7.09. The lowest BCUT2D eigenvalue weighted by Crippen LogP contribution is -2.47. The lowest BCUT2D eigenvalue weighted by molar-refractivity contribution is -0.124. The van der Waals surface area contributed by atoms with E-state index < -0.39 is 12.0 Å². The molecule has 0 aromatic rings. The van der Waals surface area contributed by atoms with Crippen molar-refractivity contribution in [1.29, 1.82) is 0 Å². The smallest absolute Gasteiger partial charge is 0.262 e. The molecule has 0 aromatic carbocycles. The van der Waals surface area contributed by atoms with Crippen molar-refractivity contribution in [2.24, 2.45) is 0 Å². The van der Waals surface area contributed by atoms with E-state index in [2.05, 4.69) is 16.9 Å². The third-order valence-electron chi connectivity index (χ3n) is 3.73. The number of amides is 1. The number of hydrogen-bond donors (Lipinski definition) is 2. The number of nitrogens with one attached hydrogen (secondary N) is 2. The summed E-state index contributed by atoms with van der Waals surface area (Å²) in [5, 5.41) is 6.09. The Balaban J connectivity index is 0.00000180. The Labute approximate surface area is 123 Å². The first-order valence-corrected chi connectivity index (χ1v) is 7.73. The predicted octanol–water partition coefficient (Wildman–Crippen LogP) is 2.20. The van der Waals surface area contributed by atoms with E-state index in [-0.39, 0.29) is 37.3 Å². The Morgan fingerprint density at radius 2 is 2.16 bits per heavy atom. The van der Waals surface area contributed by atoms with Crippen molar-refractivity contribution in [2.75, 3.05) is 12.8 Å². The van der Waals surface area contributed by atoms with Crippen molar-refractivity contribution in [3.63, 3.8) is 0 Å². The van der Waals surface area contributed by atoms with E-state index in [1.165, 1.54) is 6.42 Å². The second-order valence-corrected chi connectivity index (χ2v) is 6.36. The van der Waals surface area contributed by atoms with Gasteiger partial charge in [-0.15, -0.1) is 12.4 Å². The molecule has 0 spiro atoms. The number of hydrogen-bond acceptors (Lipinski definition) is 3. The van der Waals surface area contributed by atoms with Crippen molar-refractivity contribution in [3.05, 3.63) is 0 Å². The summed E-state index contributed by atoms with van der Waals surface area (Å²) in [4.78, 5) is 11.9. The maximum absolute atomic E-state index is 13.0. The van der Waals surface area contributed by atoms with Crippen LogP contribution < -0.4 is 10.6 Å². The third kappa shape index (κ3) is 4.76. The fourth-order valence-corrected chi connectivity index (χ4v) is 3.52. The molecular weight excluding hydrogens is 294 g/mol. The molecular formula is C12H21ClF2N2OS. The Morgan fingerprint density at radius 3 is 2.74 bits per heavy atom. The molecule has 2 rings (SSSR count). The Morgan fingerprint density at radius 1 is 1.42 bits per heavy atom. The maximum Gasteiger partial charge on any atom is 0.262 e. The zero-order chi connectivity index (χ0) is 13.2. The molecule has 2 N–H and O–H groups in total. The van der Waals surface area contributed by atoms with E-state index in [0.717, 1.165) is 19.3 Å². The monoisotopic (exact) mass is 314 g/mol. The average molecular weight is 315 g/mol. The fourth-order valence-electron chi connectivity index (χ4n) is 2.69. The van der Waals surface area contributed by atoms with Gasteiger partial charge in [0.2, 0.25) is 5.91 Å². The van der Waals surface area contributed by atoms with Crippen LogP contribution in [-0.2, 0) is 4.79 Å². The molecule has 19 heavy (non-hydrogen) atoms. The summed E-state index contributed by atoms with van der Waals surface area (Å²) in [6.07, 6.45) is 5.91. The number of thioether (sulfide) groups is 1. The summed E-state index contributed by atoms with van der Waals surface area (Å²) in [5.41, 5.74) is 0. The van der Waals surface area contributed by atoms with Crippen LogP contribution in [0.2, 0.25) is 0 Å². The molecule has 1 aliphatic carbocycles. The van der Waals surface area contributed by atoms with Crippen LogP contribution in [-0.4, -0.2) is 42.0 Å². The standard InChI is InChI=1S/C12H20F2N2OS.ClH/c1-18-9-4-2-3-8(5-9)16-11(17)10-6-12(13,14)7-15-10;/h8-10,15H,2-7H2,1H3,(H,16,17);1H. The van der Waals surface area contributed by atoms with Gasteiger partial charge in [-0.25, -0.2) is 8.78 Å². The molecule has 2 aliphatic rings. The summed E-state index contributed by atoms with van der Waals surface area (Å²) in [6.45, 7) is -0.386. The number of rotatable bonds is 3. The van der Waals surface area contributed by atoms with Gasteiger partial charge in [-0.3, -0.25) is 10.1 Å². The minimum Gasteiger partial charge on any atom is -0.352 e. The highest BCUT2D eigenvalue weighted by Crippen LogP contribution is 2.28. The highest BCUT2D eigenvalue weighted by Gasteiger charge is 2.42. The molecule has 112 valence electrons. The van der Waals surface area contributed by atoms with E-state index in [1.54, 1.807) is 0 Å². The molecule has 7 heteroatoms. The SMILES string of the molecule is CSC1CCCC(NC(=O)C2CC(F)(F)CN2)C1.Cl. The lowest BCUT2D eigenvalue weighted by atomic mass is 9.94. The van der Waals surface area contributed by atoms with Gasteiger partial charge in [0.15, 0.2) is 0 Å². The normalized spacial score (nSPS) is 33.5. The van der Waals surface area contributed by atoms with Crippen LogP contribution in [0, 0.1) is 0 Å². The quantitative estimate of drug-likeness (QED) is 0.839. The topological polar surface area (TPSA) is 41.1 Å². The van der Waals surface area contributed by atoms with Gasteiger partial charge >= 0.3 is 0 Å². The van der Waals surface area contributed by atoms with Gasteiger partial charge in [0.05, 0.1) is 12.6 Å². The molecule has 1 saturated heterocycles. The molecule has 0 aromatic heterocycles. The van der Waals surface area contributed by atoms with Crippen molar-refractivity contribution in [2.45, 2.75) is 55.4 Å². The van der Waals surface area contributed by atoms with Crippen LogP contribution in [0.4, 0.5) is 8.78 Å². The Hall–Kier alpha value is -0.0700. The van der Waals surface area contributed by atoms with Gasteiger partial charge in [0, 0.05) is 17.7 Å². The fraction of sp³-hybridized carbons (Fsp3) is 0.917. The molecule has 3 atom stereocenters. The van der Waals surface area contributed by atoms with Gasteiger partial charge < -0.3 is 5.32 Å². The average Bonchev–Trinajstić information content (AvgIpc) is 2.70. The van der Waals surface area contributed by atoms with Gasteiger partial charge in [0.25, 0.3) is 5.92 Å². The molecule has 3 nitrogen and oxygen atoms in total. The largest absolute Gasteiger partial charge is 0.352 e. The van der Waals surface area contributed by atoms with E-state index in [9.17, 15) is 13.6 Å². The Bertz CT molecular complexity index is 320. The third-order valence-corrected chi connectivity index (χ3v) is 4.83. The number of alkyl halides is 2. The highest BCUT2D eigenvalue weighted by atomic mass is 35.5. The van der Waals surface area contributed by atoms with Crippen LogP contribution >= 0.6 is 24.2 Å². The second-order valence-electron chi connectivity index (χ2n) is 5.22. The summed E-state index contributed by atoms with van der Waals surface area (Å²) in [5.74, 6) is -3.00. The van der Waals surface area contributed by atoms with Crippen LogP contribution in [0.1, 0.15) is 32.1 Å². The summed E-state index contributed by atoms with van der Waals surface area (Å²) < 4.78 is 26.0. The van der Waals surface area contributed by atoms with E-state index in [0.29, 0.717) is 5.25 Å². The highest BCUT2D eigenvalue weighted by molar-refractivity contribution is 7.99. The van der Waals surface area contributed by atoms with Crippen molar-refractivity contribution in [3.8, 4) is 0 Å². The first kappa shape index (κ1) is 17.0. The zero-order valence-electron chi connectivity index (χ0n) is 11.0. The molecule has 1 amide bonds. The van der Waals surface area contributed by atoms with Crippen LogP contribution in [0.15, 0.2) is 0 Å². The van der Waals surface area contributed by atoms with Crippen LogP contribution in [0.3, 0.4) is 0 Å². The van der Waals surface area contributed by atoms with Crippen LogP contribution in [0.5, 0.6) is 0 Å². The van der Waals surface area contributed by atoms with Gasteiger partial charge in [-0.2, -0.15) is 11.8 Å². The van der Waals surface area contributed by atoms with Crippen molar-refractivity contribution < 1.29 is 13.6 Å². The Kier molecular flexibility index (Phi) is 6.33. The summed E-state index contributed by atoms with van der Waals surface area (Å²) in [6, 6.07) is -0.575. The first-order chi connectivity index (χ1) is 8.50. The zero-order valence-corrected chi connectivity index (χ0v) is 12.6. The minimum absolute atomic E-state index is 0. The van der Waals surface area contributed by atoms with Gasteiger partial charge in [-0.05, 0) is 25.5 Å². The van der Waals surface area contributed by atoms with Gasteiger partial charge in [-0.1, -0.05) is 6.42 Å². The molecule has 2 fully saturated rings.